The van der Waals surface area contributed by atoms with Crippen molar-refractivity contribution < 1.29 is 0 Å². The molecular formula is C18H19N. The third kappa shape index (κ3) is 3.19. The zero-order valence-corrected chi connectivity index (χ0v) is 11.3. The molecule has 1 nitrogen and oxygen atoms in total. The van der Waals surface area contributed by atoms with E-state index in [1.54, 1.807) is 6.20 Å². The van der Waals surface area contributed by atoms with Crippen LogP contribution in [0, 0.1) is 0 Å². The molecule has 0 aliphatic rings. The second-order valence-corrected chi connectivity index (χ2v) is 4.43. The van der Waals surface area contributed by atoms with Gasteiger partial charge in [0.25, 0.3) is 0 Å². The van der Waals surface area contributed by atoms with E-state index < -0.39 is 0 Å². The fourth-order valence-corrected chi connectivity index (χ4v) is 2.39. The minimum atomic E-state index is 0.906. The largest absolute Gasteiger partial charge is 0.273 e. The van der Waals surface area contributed by atoms with Gasteiger partial charge in [0.1, 0.15) is 0 Å². The smallest absolute Gasteiger partial charge is 0.0223 e. The number of nitrogens with zero attached hydrogens (tertiary/aromatic N) is 1. The van der Waals surface area contributed by atoms with Gasteiger partial charge < -0.3 is 0 Å². The highest BCUT2D eigenvalue weighted by Gasteiger charge is 2.07. The van der Waals surface area contributed by atoms with Gasteiger partial charge in [0.2, 0.25) is 0 Å². The van der Waals surface area contributed by atoms with Crippen LogP contribution in [0.25, 0.3) is 11.1 Å². The van der Waals surface area contributed by atoms with Crippen LogP contribution in [0.3, 0.4) is 0 Å². The Morgan fingerprint density at radius 3 is 2.53 bits per heavy atom. The third-order valence-electron chi connectivity index (χ3n) is 3.26. The molecule has 0 unspecified atom stereocenters. The zero-order valence-electron chi connectivity index (χ0n) is 11.3. The van der Waals surface area contributed by atoms with Gasteiger partial charge in [-0.2, -0.15) is 0 Å². The van der Waals surface area contributed by atoms with E-state index in [0.717, 1.165) is 12.8 Å². The van der Waals surface area contributed by atoms with Crippen LogP contribution in [0.4, 0.5) is 0 Å². The Kier molecular flexibility index (Phi) is 4.68. The van der Waals surface area contributed by atoms with Crippen molar-refractivity contribution in [1.82, 2.24) is 0 Å². The van der Waals surface area contributed by atoms with Gasteiger partial charge in [-0.1, -0.05) is 61.5 Å². The van der Waals surface area contributed by atoms with Crippen LogP contribution in [0.2, 0.25) is 0 Å². The number of aliphatic imine (C=N–C) groups is 1. The van der Waals surface area contributed by atoms with Crippen LogP contribution in [-0.4, -0.2) is 6.72 Å². The van der Waals surface area contributed by atoms with Crippen LogP contribution >= 0.6 is 0 Å². The first-order valence-electron chi connectivity index (χ1n) is 6.63. The number of allylic oxidation sites excluding steroid dienone is 1. The summed E-state index contributed by atoms with van der Waals surface area (Å²) in [4.78, 5) is 3.76. The first-order chi connectivity index (χ1) is 9.36. The van der Waals surface area contributed by atoms with E-state index in [9.17, 15) is 0 Å². The molecule has 0 aliphatic carbocycles. The standard InChI is InChI=1S/C18H19N/c1-3-17-15(12-8-14-19-2)11-7-13-18(17)16-9-5-4-6-10-16/h4-11,13-14H,2-3,12H2,1H3. The third-order valence-corrected chi connectivity index (χ3v) is 3.26. The summed E-state index contributed by atoms with van der Waals surface area (Å²) in [6.45, 7) is 5.67. The van der Waals surface area contributed by atoms with Gasteiger partial charge in [-0.15, -0.1) is 0 Å². The molecule has 0 fully saturated rings. The molecule has 0 spiro atoms. The summed E-state index contributed by atoms with van der Waals surface area (Å²) in [6.07, 6.45) is 5.75. The first kappa shape index (κ1) is 13.3. The van der Waals surface area contributed by atoms with Crippen LogP contribution in [0.5, 0.6) is 0 Å². The maximum atomic E-state index is 3.76. The molecule has 0 atom stereocenters. The molecule has 1 heteroatoms. The first-order valence-corrected chi connectivity index (χ1v) is 6.63. The molecule has 0 saturated heterocycles. The van der Waals surface area contributed by atoms with Crippen molar-refractivity contribution in [2.75, 3.05) is 0 Å². The van der Waals surface area contributed by atoms with Gasteiger partial charge in [0.05, 0.1) is 0 Å². The average Bonchev–Trinajstić information content (AvgIpc) is 2.48. The second kappa shape index (κ2) is 6.69. The molecule has 0 heterocycles. The van der Waals surface area contributed by atoms with Gasteiger partial charge >= 0.3 is 0 Å². The summed E-state index contributed by atoms with van der Waals surface area (Å²) in [5.41, 5.74) is 5.40. The summed E-state index contributed by atoms with van der Waals surface area (Å²) < 4.78 is 0. The van der Waals surface area contributed by atoms with Gasteiger partial charge in [-0.25, -0.2) is 0 Å². The Labute approximate surface area is 115 Å². The van der Waals surface area contributed by atoms with Crippen molar-refractivity contribution in [3.05, 3.63) is 71.9 Å². The van der Waals surface area contributed by atoms with Crippen molar-refractivity contribution in [1.29, 1.82) is 0 Å². The van der Waals surface area contributed by atoms with Crippen molar-refractivity contribution in [2.24, 2.45) is 4.99 Å². The van der Waals surface area contributed by atoms with E-state index in [2.05, 4.69) is 73.2 Å². The topological polar surface area (TPSA) is 12.4 Å². The lowest BCUT2D eigenvalue weighted by Gasteiger charge is -2.12. The predicted molar refractivity (Wildman–Crippen MR) is 83.6 cm³/mol. The Balaban J connectivity index is 2.42. The lowest BCUT2D eigenvalue weighted by molar-refractivity contribution is 1.08. The van der Waals surface area contributed by atoms with Gasteiger partial charge in [0, 0.05) is 6.20 Å². The monoisotopic (exact) mass is 249 g/mol. The molecule has 0 amide bonds. The van der Waals surface area contributed by atoms with E-state index in [1.165, 1.54) is 22.3 Å². The van der Waals surface area contributed by atoms with Crippen molar-refractivity contribution in [3.63, 3.8) is 0 Å². The fourth-order valence-electron chi connectivity index (χ4n) is 2.39. The fraction of sp³-hybridized carbons (Fsp3) is 0.167. The molecule has 0 N–H and O–H groups in total. The van der Waals surface area contributed by atoms with Crippen molar-refractivity contribution >= 4 is 6.72 Å². The van der Waals surface area contributed by atoms with Crippen molar-refractivity contribution in [3.8, 4) is 11.1 Å². The van der Waals surface area contributed by atoms with Crippen molar-refractivity contribution in [2.45, 2.75) is 19.8 Å². The van der Waals surface area contributed by atoms with Gasteiger partial charge in [0.15, 0.2) is 0 Å². The summed E-state index contributed by atoms with van der Waals surface area (Å²) in [6, 6.07) is 17.1. The van der Waals surface area contributed by atoms with E-state index in [4.69, 9.17) is 0 Å². The molecular weight excluding hydrogens is 230 g/mol. The molecule has 0 saturated carbocycles. The molecule has 2 aromatic rings. The number of benzene rings is 2. The highest BCUT2D eigenvalue weighted by atomic mass is 14.6. The van der Waals surface area contributed by atoms with Crippen LogP contribution in [0.15, 0.2) is 65.8 Å². The molecule has 0 aromatic heterocycles. The average molecular weight is 249 g/mol. The number of rotatable bonds is 5. The molecule has 2 aromatic carbocycles. The minimum Gasteiger partial charge on any atom is -0.273 e. The molecule has 0 bridgehead atoms. The van der Waals surface area contributed by atoms with Gasteiger partial charge in [-0.3, -0.25) is 4.99 Å². The Bertz CT molecular complexity index is 567. The lowest BCUT2D eigenvalue weighted by atomic mass is 9.92. The molecule has 2 rings (SSSR count). The number of hydrogen-bond acceptors (Lipinski definition) is 1. The van der Waals surface area contributed by atoms with Crippen LogP contribution < -0.4 is 0 Å². The minimum absolute atomic E-state index is 0.906. The van der Waals surface area contributed by atoms with Gasteiger partial charge in [-0.05, 0) is 41.8 Å². The highest BCUT2D eigenvalue weighted by molar-refractivity contribution is 5.68. The van der Waals surface area contributed by atoms with E-state index in [-0.39, 0.29) is 0 Å². The van der Waals surface area contributed by atoms with E-state index in [1.807, 2.05) is 0 Å². The maximum absolute atomic E-state index is 3.76. The number of hydrogen-bond donors (Lipinski definition) is 0. The summed E-state index contributed by atoms with van der Waals surface area (Å²) in [7, 11) is 0. The summed E-state index contributed by atoms with van der Waals surface area (Å²) in [5, 5.41) is 0. The SMILES string of the molecule is C=NC=CCc1cccc(-c2ccccc2)c1CC. The van der Waals surface area contributed by atoms with Crippen LogP contribution in [-0.2, 0) is 12.8 Å². The lowest BCUT2D eigenvalue weighted by Crippen LogP contribution is -1.95. The molecule has 0 radical (unpaired) electrons. The van der Waals surface area contributed by atoms with E-state index in [0.29, 0.717) is 0 Å². The van der Waals surface area contributed by atoms with Crippen LogP contribution in [0.1, 0.15) is 18.1 Å². The quantitative estimate of drug-likeness (QED) is 0.683. The normalized spacial score (nSPS) is 10.8. The molecule has 96 valence electrons. The Morgan fingerprint density at radius 2 is 1.84 bits per heavy atom. The second-order valence-electron chi connectivity index (χ2n) is 4.43. The highest BCUT2D eigenvalue weighted by Crippen LogP contribution is 2.27. The molecule has 19 heavy (non-hydrogen) atoms. The maximum Gasteiger partial charge on any atom is 0.0223 e. The predicted octanol–water partition coefficient (Wildman–Crippen LogP) is 4.67. The Morgan fingerprint density at radius 1 is 1.05 bits per heavy atom. The zero-order chi connectivity index (χ0) is 13.5. The van der Waals surface area contributed by atoms with E-state index >= 15 is 0 Å². The molecule has 0 aliphatic heterocycles. The summed E-state index contributed by atoms with van der Waals surface area (Å²) >= 11 is 0. The Hall–Kier alpha value is -2.15. The summed E-state index contributed by atoms with van der Waals surface area (Å²) in [5.74, 6) is 0.